The van der Waals surface area contributed by atoms with Crippen LogP contribution >= 0.6 is 15.9 Å². The molecule has 0 saturated heterocycles. The topological polar surface area (TPSA) is 17.1 Å². The minimum Gasteiger partial charge on any atom is -0.302 e. The van der Waals surface area contributed by atoms with E-state index in [-0.39, 0.29) is 5.41 Å². The van der Waals surface area contributed by atoms with E-state index in [1.165, 1.54) is 5.56 Å². The Morgan fingerprint density at radius 1 is 1.25 bits per heavy atom. The molecule has 2 aliphatic rings. The first-order valence-corrected chi connectivity index (χ1v) is 6.40. The summed E-state index contributed by atoms with van der Waals surface area (Å²) in [5.41, 5.74) is 1.12. The maximum absolute atomic E-state index is 11.4. The molecule has 3 unspecified atom stereocenters. The summed E-state index contributed by atoms with van der Waals surface area (Å²) >= 11 is 3.68. The lowest BCUT2D eigenvalue weighted by molar-refractivity contribution is -0.110. The summed E-state index contributed by atoms with van der Waals surface area (Å²) in [6, 6.07) is 10.3. The normalized spacial score (nSPS) is 40.2. The number of hydrogen-bond acceptors (Lipinski definition) is 1. The molecule has 82 valence electrons. The third kappa shape index (κ3) is 1.14. The van der Waals surface area contributed by atoms with Gasteiger partial charge in [0.1, 0.15) is 6.29 Å². The van der Waals surface area contributed by atoms with Crippen molar-refractivity contribution >= 4 is 22.2 Å². The summed E-state index contributed by atoms with van der Waals surface area (Å²) in [5, 5.41) is 0. The molecule has 1 aromatic rings. The number of aldehydes is 1. The van der Waals surface area contributed by atoms with Crippen molar-refractivity contribution in [3.63, 3.8) is 0 Å². The first-order chi connectivity index (χ1) is 7.70. The first kappa shape index (κ1) is 10.3. The van der Waals surface area contributed by atoms with Crippen molar-refractivity contribution in [2.75, 3.05) is 0 Å². The fourth-order valence-corrected chi connectivity index (χ4v) is 4.14. The summed E-state index contributed by atoms with van der Waals surface area (Å²) < 4.78 is -0.402. The second kappa shape index (κ2) is 3.30. The van der Waals surface area contributed by atoms with Crippen molar-refractivity contribution in [3.8, 4) is 0 Å². The molecule has 0 radical (unpaired) electrons. The van der Waals surface area contributed by atoms with E-state index in [1.54, 1.807) is 0 Å². The monoisotopic (exact) mass is 276 g/mol. The molecule has 3 rings (SSSR count). The van der Waals surface area contributed by atoms with Gasteiger partial charge in [-0.15, -0.1) is 0 Å². The van der Waals surface area contributed by atoms with Gasteiger partial charge in [0.25, 0.3) is 0 Å². The van der Waals surface area contributed by atoms with Crippen molar-refractivity contribution in [2.45, 2.75) is 22.6 Å². The van der Waals surface area contributed by atoms with E-state index in [4.69, 9.17) is 0 Å². The van der Waals surface area contributed by atoms with Gasteiger partial charge in [0.2, 0.25) is 0 Å². The lowest BCUT2D eigenvalue weighted by Crippen LogP contribution is -2.42. The van der Waals surface area contributed by atoms with Gasteiger partial charge in [0.05, 0.1) is 4.32 Å². The van der Waals surface area contributed by atoms with Gasteiger partial charge in [0, 0.05) is 5.41 Å². The summed E-state index contributed by atoms with van der Waals surface area (Å²) in [4.78, 5) is 11.4. The lowest BCUT2D eigenvalue weighted by Gasteiger charge is -2.36. The van der Waals surface area contributed by atoms with Gasteiger partial charge in [-0.25, -0.2) is 0 Å². The highest BCUT2D eigenvalue weighted by atomic mass is 79.9. The highest BCUT2D eigenvalue weighted by Crippen LogP contribution is 2.59. The smallest absolute Gasteiger partial charge is 0.137 e. The van der Waals surface area contributed by atoms with Gasteiger partial charge in [0.15, 0.2) is 0 Å². The average molecular weight is 277 g/mol. The van der Waals surface area contributed by atoms with Crippen LogP contribution in [0.25, 0.3) is 0 Å². The van der Waals surface area contributed by atoms with Crippen molar-refractivity contribution in [1.29, 1.82) is 0 Å². The van der Waals surface area contributed by atoms with Crippen molar-refractivity contribution in [1.82, 2.24) is 0 Å². The van der Waals surface area contributed by atoms with Crippen LogP contribution in [0.15, 0.2) is 42.5 Å². The van der Waals surface area contributed by atoms with Crippen LogP contribution in [-0.2, 0) is 10.2 Å². The maximum Gasteiger partial charge on any atom is 0.137 e. The van der Waals surface area contributed by atoms with Crippen LogP contribution in [0.3, 0.4) is 0 Å². The Kier molecular flexibility index (Phi) is 2.12. The number of allylic oxidation sites excluding steroid dienone is 2. The van der Waals surface area contributed by atoms with Crippen LogP contribution in [-0.4, -0.2) is 10.6 Å². The number of carbonyl (C=O) groups excluding carboxylic acids is 1. The third-order valence-electron chi connectivity index (χ3n) is 4.01. The first-order valence-electron chi connectivity index (χ1n) is 5.60. The molecule has 1 nitrogen and oxygen atoms in total. The standard InChI is InChI=1S/C14H13BrO/c15-14(10-16)9-11-6-7-13(14,8-11)12-4-2-1-3-5-12/h1-7,10-11H,8-9H2. The van der Waals surface area contributed by atoms with Gasteiger partial charge >= 0.3 is 0 Å². The van der Waals surface area contributed by atoms with Gasteiger partial charge < -0.3 is 4.79 Å². The highest BCUT2D eigenvalue weighted by Gasteiger charge is 2.58. The number of hydrogen-bond donors (Lipinski definition) is 0. The zero-order valence-electron chi connectivity index (χ0n) is 8.90. The van der Waals surface area contributed by atoms with E-state index < -0.39 is 4.32 Å². The zero-order chi connectivity index (χ0) is 11.2. The second-order valence-corrected chi connectivity index (χ2v) is 6.26. The predicted molar refractivity (Wildman–Crippen MR) is 67.7 cm³/mol. The summed E-state index contributed by atoms with van der Waals surface area (Å²) in [6.45, 7) is 0. The number of fused-ring (bicyclic) bond motifs is 2. The molecule has 1 aromatic carbocycles. The summed E-state index contributed by atoms with van der Waals surface area (Å²) in [7, 11) is 0. The highest BCUT2D eigenvalue weighted by molar-refractivity contribution is 9.10. The van der Waals surface area contributed by atoms with Crippen LogP contribution in [0.4, 0.5) is 0 Å². The zero-order valence-corrected chi connectivity index (χ0v) is 10.5. The molecule has 3 atom stereocenters. The molecule has 0 aliphatic heterocycles. The molecule has 0 spiro atoms. The van der Waals surface area contributed by atoms with Crippen LogP contribution in [0, 0.1) is 5.92 Å². The Morgan fingerprint density at radius 3 is 2.62 bits per heavy atom. The van der Waals surface area contributed by atoms with E-state index in [0.717, 1.165) is 19.1 Å². The van der Waals surface area contributed by atoms with E-state index in [0.29, 0.717) is 5.92 Å². The molecule has 1 fully saturated rings. The van der Waals surface area contributed by atoms with Gasteiger partial charge in [-0.2, -0.15) is 0 Å². The molecule has 16 heavy (non-hydrogen) atoms. The quantitative estimate of drug-likeness (QED) is 0.461. The number of rotatable bonds is 2. The summed E-state index contributed by atoms with van der Waals surface area (Å²) in [5.74, 6) is 0.546. The van der Waals surface area contributed by atoms with Crippen molar-refractivity contribution in [2.24, 2.45) is 5.92 Å². The molecular weight excluding hydrogens is 264 g/mol. The van der Waals surface area contributed by atoms with Crippen molar-refractivity contribution < 1.29 is 4.79 Å². The molecule has 0 amide bonds. The Labute approximate surface area is 104 Å². The number of carbonyl (C=O) groups is 1. The van der Waals surface area contributed by atoms with E-state index in [2.05, 4.69) is 40.2 Å². The van der Waals surface area contributed by atoms with E-state index >= 15 is 0 Å². The predicted octanol–water partition coefficient (Wildman–Crippen LogP) is 3.24. The molecule has 0 heterocycles. The molecule has 0 N–H and O–H groups in total. The van der Waals surface area contributed by atoms with Crippen LogP contribution in [0.5, 0.6) is 0 Å². The van der Waals surface area contributed by atoms with E-state index in [9.17, 15) is 4.79 Å². The number of halogens is 1. The van der Waals surface area contributed by atoms with Gasteiger partial charge in [-0.1, -0.05) is 58.4 Å². The Balaban J connectivity index is 2.17. The summed E-state index contributed by atoms with van der Waals surface area (Å²) in [6.07, 6.45) is 7.54. The lowest BCUT2D eigenvalue weighted by atomic mass is 9.73. The molecule has 2 bridgehead atoms. The minimum absolute atomic E-state index is 0.124. The number of alkyl halides is 1. The van der Waals surface area contributed by atoms with Crippen LogP contribution in [0.2, 0.25) is 0 Å². The van der Waals surface area contributed by atoms with Gasteiger partial charge in [-0.3, -0.25) is 0 Å². The fraction of sp³-hybridized carbons (Fsp3) is 0.357. The molecule has 2 heteroatoms. The molecule has 2 aliphatic carbocycles. The fourth-order valence-electron chi connectivity index (χ4n) is 3.20. The van der Waals surface area contributed by atoms with E-state index in [1.807, 2.05) is 18.2 Å². The Bertz CT molecular complexity index is 453. The molecule has 1 saturated carbocycles. The maximum atomic E-state index is 11.4. The van der Waals surface area contributed by atoms with Gasteiger partial charge in [-0.05, 0) is 24.3 Å². The SMILES string of the molecule is O=CC1(Br)CC2C=CC1(c1ccccc1)C2. The van der Waals surface area contributed by atoms with Crippen LogP contribution in [0.1, 0.15) is 18.4 Å². The Morgan fingerprint density at radius 2 is 2.00 bits per heavy atom. The average Bonchev–Trinajstić information content (AvgIpc) is 2.87. The second-order valence-electron chi connectivity index (χ2n) is 4.85. The molecular formula is C14H13BrO. The van der Waals surface area contributed by atoms with Crippen LogP contribution < -0.4 is 0 Å². The Hall–Kier alpha value is -0.890. The number of benzene rings is 1. The molecule has 0 aromatic heterocycles. The van der Waals surface area contributed by atoms with Crippen molar-refractivity contribution in [3.05, 3.63) is 48.0 Å². The largest absolute Gasteiger partial charge is 0.302 e. The minimum atomic E-state index is -0.402. The third-order valence-corrected chi connectivity index (χ3v) is 5.23.